The predicted octanol–water partition coefficient (Wildman–Crippen LogP) is 2.99. The fraction of sp³-hybridized carbons (Fsp3) is 0.167. The van der Waals surface area contributed by atoms with Crippen LogP contribution in [0.5, 0.6) is 0 Å². The van der Waals surface area contributed by atoms with Crippen molar-refractivity contribution in [1.29, 1.82) is 0 Å². The lowest BCUT2D eigenvalue weighted by atomic mass is 10.1. The van der Waals surface area contributed by atoms with E-state index in [0.717, 1.165) is 5.56 Å². The highest BCUT2D eigenvalue weighted by atomic mass is 16.4. The van der Waals surface area contributed by atoms with Gasteiger partial charge in [-0.3, -0.25) is 14.2 Å². The molecule has 23 heavy (non-hydrogen) atoms. The van der Waals surface area contributed by atoms with Gasteiger partial charge < -0.3 is 4.42 Å². The van der Waals surface area contributed by atoms with E-state index in [1.54, 1.807) is 24.3 Å². The molecule has 2 aromatic carbocycles. The summed E-state index contributed by atoms with van der Waals surface area (Å²) in [5, 5.41) is 0. The van der Waals surface area contributed by atoms with E-state index in [1.807, 2.05) is 19.1 Å². The first kappa shape index (κ1) is 15.0. The number of carbonyl (C=O) groups excluding carboxylic acids is 2. The van der Waals surface area contributed by atoms with Crippen molar-refractivity contribution in [3.05, 3.63) is 69.7 Å². The van der Waals surface area contributed by atoms with Crippen molar-refractivity contribution in [3.8, 4) is 0 Å². The van der Waals surface area contributed by atoms with Crippen LogP contribution in [-0.2, 0) is 6.54 Å². The monoisotopic (exact) mass is 309 g/mol. The van der Waals surface area contributed by atoms with E-state index >= 15 is 0 Å². The highest BCUT2D eigenvalue weighted by Crippen LogP contribution is 2.16. The topological polar surface area (TPSA) is 69.3 Å². The Morgan fingerprint density at radius 1 is 1.04 bits per heavy atom. The van der Waals surface area contributed by atoms with Crippen molar-refractivity contribution in [2.75, 3.05) is 0 Å². The molecular formula is C18H15NO4. The normalized spacial score (nSPS) is 10.9. The van der Waals surface area contributed by atoms with Crippen LogP contribution in [0.15, 0.2) is 51.7 Å². The number of ketones is 2. The van der Waals surface area contributed by atoms with Crippen LogP contribution in [0, 0.1) is 6.92 Å². The molecule has 0 spiro atoms. The third-order valence-electron chi connectivity index (χ3n) is 3.75. The molecule has 0 atom stereocenters. The molecule has 1 aromatic heterocycles. The first-order valence-corrected chi connectivity index (χ1v) is 7.20. The molecule has 0 N–H and O–H groups in total. The molecule has 0 aliphatic carbocycles. The van der Waals surface area contributed by atoms with Gasteiger partial charge in [0.05, 0.1) is 12.1 Å². The lowest BCUT2D eigenvalue weighted by Gasteiger charge is -2.03. The minimum absolute atomic E-state index is 0.103. The number of aryl methyl sites for hydroxylation is 1. The maximum Gasteiger partial charge on any atom is 0.420 e. The van der Waals surface area contributed by atoms with E-state index in [4.69, 9.17) is 4.42 Å². The minimum atomic E-state index is -0.610. The van der Waals surface area contributed by atoms with Gasteiger partial charge in [0, 0.05) is 11.1 Å². The van der Waals surface area contributed by atoms with E-state index in [0.29, 0.717) is 22.2 Å². The van der Waals surface area contributed by atoms with Crippen LogP contribution in [0.4, 0.5) is 0 Å². The Bertz CT molecular complexity index is 961. The summed E-state index contributed by atoms with van der Waals surface area (Å²) in [6.45, 7) is 3.28. The fourth-order valence-corrected chi connectivity index (χ4v) is 2.41. The molecule has 1 heterocycles. The maximum atomic E-state index is 12.3. The number of nitrogens with zero attached hydrogens (tertiary/aromatic N) is 1. The molecule has 0 fully saturated rings. The molecular weight excluding hydrogens is 294 g/mol. The molecule has 3 rings (SSSR count). The zero-order valence-corrected chi connectivity index (χ0v) is 12.8. The van der Waals surface area contributed by atoms with Gasteiger partial charge in [-0.2, -0.15) is 0 Å². The fourth-order valence-electron chi connectivity index (χ4n) is 2.41. The molecule has 0 saturated heterocycles. The first-order valence-electron chi connectivity index (χ1n) is 7.20. The van der Waals surface area contributed by atoms with E-state index in [-0.39, 0.29) is 18.1 Å². The van der Waals surface area contributed by atoms with Crippen molar-refractivity contribution >= 4 is 22.7 Å². The number of hydrogen-bond acceptors (Lipinski definition) is 4. The summed E-state index contributed by atoms with van der Waals surface area (Å²) in [6.07, 6.45) is 0. The molecule has 0 unspecified atom stereocenters. The zero-order chi connectivity index (χ0) is 16.6. The number of aromatic nitrogens is 1. The first-order chi connectivity index (χ1) is 11.0. The van der Waals surface area contributed by atoms with Gasteiger partial charge in [0.1, 0.15) is 0 Å². The second kappa shape index (κ2) is 5.68. The van der Waals surface area contributed by atoms with Crippen molar-refractivity contribution in [3.63, 3.8) is 0 Å². The molecule has 116 valence electrons. The molecule has 0 amide bonds. The van der Waals surface area contributed by atoms with Crippen molar-refractivity contribution in [2.24, 2.45) is 0 Å². The van der Waals surface area contributed by atoms with Gasteiger partial charge in [0.25, 0.3) is 0 Å². The highest BCUT2D eigenvalue weighted by molar-refractivity contribution is 5.98. The summed E-state index contributed by atoms with van der Waals surface area (Å²) in [7, 11) is 0. The number of oxazole rings is 1. The van der Waals surface area contributed by atoms with Crippen LogP contribution < -0.4 is 5.76 Å². The van der Waals surface area contributed by atoms with Crippen LogP contribution in [-0.4, -0.2) is 16.1 Å². The third kappa shape index (κ3) is 2.85. The van der Waals surface area contributed by atoms with Gasteiger partial charge in [-0.25, -0.2) is 4.79 Å². The molecule has 0 bridgehead atoms. The second-order valence-electron chi connectivity index (χ2n) is 5.48. The number of Topliss-reactive ketones (excluding diaryl/α,β-unsaturated/α-hetero) is 2. The Hall–Kier alpha value is -2.95. The quantitative estimate of drug-likeness (QED) is 0.695. The predicted molar refractivity (Wildman–Crippen MR) is 86.0 cm³/mol. The smallest absolute Gasteiger partial charge is 0.408 e. The lowest BCUT2D eigenvalue weighted by Crippen LogP contribution is -2.20. The van der Waals surface area contributed by atoms with Gasteiger partial charge in [-0.15, -0.1) is 0 Å². The van der Waals surface area contributed by atoms with Crippen LogP contribution in [0.3, 0.4) is 0 Å². The van der Waals surface area contributed by atoms with E-state index in [9.17, 15) is 14.4 Å². The lowest BCUT2D eigenvalue weighted by molar-refractivity contribution is 0.0969. The molecule has 0 aliphatic heterocycles. The third-order valence-corrected chi connectivity index (χ3v) is 3.75. The van der Waals surface area contributed by atoms with Crippen LogP contribution in [0.1, 0.15) is 33.2 Å². The largest absolute Gasteiger partial charge is 0.420 e. The standard InChI is InChI=1S/C18H15NO4/c1-11-3-5-13(6-4-11)16(21)10-19-15-8-7-14(12(2)20)9-17(15)23-18(19)22/h3-9H,10H2,1-2H3. The number of hydrogen-bond donors (Lipinski definition) is 0. The van der Waals surface area contributed by atoms with Crippen molar-refractivity contribution in [2.45, 2.75) is 20.4 Å². The summed E-state index contributed by atoms with van der Waals surface area (Å²) in [5.74, 6) is -0.898. The summed E-state index contributed by atoms with van der Waals surface area (Å²) < 4.78 is 6.43. The van der Waals surface area contributed by atoms with Crippen LogP contribution in [0.25, 0.3) is 11.1 Å². The van der Waals surface area contributed by atoms with E-state index in [2.05, 4.69) is 0 Å². The molecule has 3 aromatic rings. The number of carbonyl (C=O) groups is 2. The van der Waals surface area contributed by atoms with Crippen LogP contribution in [0.2, 0.25) is 0 Å². The molecule has 5 heteroatoms. The van der Waals surface area contributed by atoms with E-state index < -0.39 is 5.76 Å². The minimum Gasteiger partial charge on any atom is -0.408 e. The summed E-state index contributed by atoms with van der Waals surface area (Å²) in [5.41, 5.74) is 2.87. The van der Waals surface area contributed by atoms with Gasteiger partial charge in [0.2, 0.25) is 0 Å². The molecule has 5 nitrogen and oxygen atoms in total. The Morgan fingerprint density at radius 3 is 2.35 bits per heavy atom. The zero-order valence-electron chi connectivity index (χ0n) is 12.8. The number of fused-ring (bicyclic) bond motifs is 1. The summed E-state index contributed by atoms with van der Waals surface area (Å²) >= 11 is 0. The number of benzene rings is 2. The Kier molecular flexibility index (Phi) is 3.70. The average Bonchev–Trinajstić information content (AvgIpc) is 2.83. The molecule has 0 radical (unpaired) electrons. The molecule has 0 saturated carbocycles. The van der Waals surface area contributed by atoms with Gasteiger partial charge >= 0.3 is 5.76 Å². The van der Waals surface area contributed by atoms with Gasteiger partial charge in [0.15, 0.2) is 17.1 Å². The SMILES string of the molecule is CC(=O)c1ccc2c(c1)oc(=O)n2CC(=O)c1ccc(C)cc1. The molecule has 0 aliphatic rings. The van der Waals surface area contributed by atoms with Crippen molar-refractivity contribution in [1.82, 2.24) is 4.57 Å². The maximum absolute atomic E-state index is 12.3. The Balaban J connectivity index is 1.98. The van der Waals surface area contributed by atoms with Gasteiger partial charge in [-0.1, -0.05) is 29.8 Å². The highest BCUT2D eigenvalue weighted by Gasteiger charge is 2.15. The Labute approximate surface area is 132 Å². The average molecular weight is 309 g/mol. The Morgan fingerprint density at radius 2 is 1.70 bits per heavy atom. The van der Waals surface area contributed by atoms with E-state index in [1.165, 1.54) is 17.6 Å². The second-order valence-corrected chi connectivity index (χ2v) is 5.48. The van der Waals surface area contributed by atoms with Crippen LogP contribution >= 0.6 is 0 Å². The summed E-state index contributed by atoms with van der Waals surface area (Å²) in [6, 6.07) is 11.9. The van der Waals surface area contributed by atoms with Gasteiger partial charge in [-0.05, 0) is 32.0 Å². The summed E-state index contributed by atoms with van der Waals surface area (Å²) in [4.78, 5) is 35.7. The van der Waals surface area contributed by atoms with Crippen molar-refractivity contribution < 1.29 is 14.0 Å². The number of rotatable bonds is 4.